The third-order valence-electron chi connectivity index (χ3n) is 3.21. The summed E-state index contributed by atoms with van der Waals surface area (Å²) in [5.74, 6) is -0.00561. The molecule has 0 aliphatic rings. The molecule has 1 heterocycles. The molecule has 1 aromatic heterocycles. The van der Waals surface area contributed by atoms with Gasteiger partial charge in [-0.15, -0.1) is 0 Å². The van der Waals surface area contributed by atoms with Gasteiger partial charge in [-0.2, -0.15) is 0 Å². The Kier molecular flexibility index (Phi) is 4.16. The number of carbonyl (C=O) groups is 1. The molecule has 102 valence electrons. The highest BCUT2D eigenvalue weighted by molar-refractivity contribution is 5.75. The second-order valence-electron chi connectivity index (χ2n) is 4.86. The number of rotatable bonds is 6. The molecule has 1 unspecified atom stereocenters. The molecule has 0 aliphatic heterocycles. The molecule has 0 aliphatic carbocycles. The molecule has 0 bridgehead atoms. The minimum absolute atomic E-state index is 0.529. The third-order valence-corrected chi connectivity index (χ3v) is 3.21. The number of H-pyrrole nitrogens is 1. The average Bonchev–Trinajstić information content (AvgIpc) is 2.73. The normalized spacial score (nSPS) is 12.7. The molecule has 4 N–H and O–H groups in total. The second-order valence-corrected chi connectivity index (χ2v) is 4.86. The van der Waals surface area contributed by atoms with Crippen molar-refractivity contribution in [3.05, 3.63) is 29.6 Å². The zero-order chi connectivity index (χ0) is 13.8. The Labute approximate surface area is 111 Å². The number of fused-ring (bicyclic) bond motifs is 1. The lowest BCUT2D eigenvalue weighted by Crippen LogP contribution is -2.29. The number of nitrogens with two attached hydrogens (primary N) is 1. The van der Waals surface area contributed by atoms with Gasteiger partial charge in [0.05, 0.1) is 11.0 Å². The minimum atomic E-state index is -0.922. The maximum Gasteiger partial charge on any atom is 0.320 e. The molecule has 0 saturated carbocycles. The molecular formula is C14H19N3O2. The quantitative estimate of drug-likeness (QED) is 0.693. The predicted octanol–water partition coefficient (Wildman–Crippen LogP) is 2.00. The maximum absolute atomic E-state index is 10.6. The number of aromatic amines is 1. The molecule has 0 spiro atoms. The first-order valence-electron chi connectivity index (χ1n) is 6.50. The van der Waals surface area contributed by atoms with Crippen LogP contribution in [0.4, 0.5) is 0 Å². The number of carboxylic acid groups (broad SMARTS) is 1. The summed E-state index contributed by atoms with van der Waals surface area (Å²) in [6, 6.07) is 5.45. The van der Waals surface area contributed by atoms with Crippen LogP contribution in [0.1, 0.15) is 30.7 Å². The summed E-state index contributed by atoms with van der Waals surface area (Å²) in [7, 11) is 0. The third kappa shape index (κ3) is 3.54. The lowest BCUT2D eigenvalue weighted by atomic mass is 10.0. The van der Waals surface area contributed by atoms with Gasteiger partial charge in [0.15, 0.2) is 0 Å². The Morgan fingerprint density at radius 3 is 3.00 bits per heavy atom. The first kappa shape index (κ1) is 13.5. The van der Waals surface area contributed by atoms with E-state index < -0.39 is 12.0 Å². The summed E-state index contributed by atoms with van der Waals surface area (Å²) in [5.41, 5.74) is 8.73. The van der Waals surface area contributed by atoms with Crippen LogP contribution >= 0.6 is 0 Å². The number of nitrogens with zero attached hydrogens (tertiary/aromatic N) is 1. The fourth-order valence-electron chi connectivity index (χ4n) is 2.16. The highest BCUT2D eigenvalue weighted by Crippen LogP contribution is 2.15. The number of imidazole rings is 1. The summed E-state index contributed by atoms with van der Waals surface area (Å²) in [5, 5.41) is 8.68. The fraction of sp³-hybridized carbons (Fsp3) is 0.429. The summed E-state index contributed by atoms with van der Waals surface area (Å²) in [6.07, 6.45) is 3.23. The smallest absolute Gasteiger partial charge is 0.320 e. The van der Waals surface area contributed by atoms with E-state index in [1.54, 1.807) is 0 Å². The molecular weight excluding hydrogens is 242 g/mol. The van der Waals surface area contributed by atoms with Crippen LogP contribution in [0.3, 0.4) is 0 Å². The van der Waals surface area contributed by atoms with Gasteiger partial charge in [0.25, 0.3) is 0 Å². The molecule has 5 heteroatoms. The van der Waals surface area contributed by atoms with Gasteiger partial charge >= 0.3 is 5.97 Å². The molecule has 1 atom stereocenters. The van der Waals surface area contributed by atoms with Gasteiger partial charge in [0.1, 0.15) is 11.9 Å². The van der Waals surface area contributed by atoms with Gasteiger partial charge < -0.3 is 15.8 Å². The fourth-order valence-corrected chi connectivity index (χ4v) is 2.16. The minimum Gasteiger partial charge on any atom is -0.480 e. The van der Waals surface area contributed by atoms with Gasteiger partial charge in [0.2, 0.25) is 0 Å². The number of carboxylic acids is 1. The molecule has 5 nitrogen and oxygen atoms in total. The highest BCUT2D eigenvalue weighted by Gasteiger charge is 2.10. The number of nitrogens with one attached hydrogen (secondary N) is 1. The van der Waals surface area contributed by atoms with E-state index in [0.29, 0.717) is 6.42 Å². The number of aromatic nitrogens is 2. The van der Waals surface area contributed by atoms with Crippen LogP contribution in [-0.4, -0.2) is 27.1 Å². The molecule has 0 fully saturated rings. The summed E-state index contributed by atoms with van der Waals surface area (Å²) < 4.78 is 0. The highest BCUT2D eigenvalue weighted by atomic mass is 16.4. The second kappa shape index (κ2) is 5.84. The van der Waals surface area contributed by atoms with Crippen molar-refractivity contribution < 1.29 is 9.90 Å². The first-order chi connectivity index (χ1) is 9.06. The molecule has 1 aromatic carbocycles. The van der Waals surface area contributed by atoms with Gasteiger partial charge in [-0.1, -0.05) is 12.5 Å². The van der Waals surface area contributed by atoms with E-state index in [1.165, 1.54) is 5.56 Å². The van der Waals surface area contributed by atoms with E-state index in [2.05, 4.69) is 22.1 Å². The number of hydrogen-bond acceptors (Lipinski definition) is 3. The maximum atomic E-state index is 10.6. The molecule has 0 amide bonds. The van der Waals surface area contributed by atoms with Crippen LogP contribution in [0, 0.1) is 6.92 Å². The Hall–Kier alpha value is -1.88. The number of aryl methyl sites for hydroxylation is 2. The topological polar surface area (TPSA) is 92.0 Å². The van der Waals surface area contributed by atoms with E-state index >= 15 is 0 Å². The largest absolute Gasteiger partial charge is 0.480 e. The van der Waals surface area contributed by atoms with Crippen LogP contribution in [0.2, 0.25) is 0 Å². The van der Waals surface area contributed by atoms with Crippen LogP contribution < -0.4 is 5.73 Å². The van der Waals surface area contributed by atoms with Gasteiger partial charge in [-0.3, -0.25) is 4.79 Å². The number of aliphatic carboxylic acids is 1. The average molecular weight is 261 g/mol. The number of unbranched alkanes of at least 4 members (excludes halogenated alkanes) is 1. The zero-order valence-corrected chi connectivity index (χ0v) is 11.0. The molecule has 2 rings (SSSR count). The Bertz CT molecular complexity index is 577. The number of hydrogen-bond donors (Lipinski definition) is 3. The van der Waals surface area contributed by atoms with Crippen LogP contribution in [-0.2, 0) is 11.2 Å². The van der Waals surface area contributed by atoms with Gasteiger partial charge in [0, 0.05) is 0 Å². The van der Waals surface area contributed by atoms with E-state index in [4.69, 9.17) is 10.8 Å². The Morgan fingerprint density at radius 1 is 1.47 bits per heavy atom. The molecule has 0 radical (unpaired) electrons. The molecule has 2 aromatic rings. The van der Waals surface area contributed by atoms with E-state index in [9.17, 15) is 4.79 Å². The summed E-state index contributed by atoms with van der Waals surface area (Å²) >= 11 is 0. The lowest BCUT2D eigenvalue weighted by Gasteiger charge is -2.06. The van der Waals surface area contributed by atoms with Crippen molar-refractivity contribution in [3.8, 4) is 0 Å². The van der Waals surface area contributed by atoms with E-state index in [1.807, 2.05) is 13.0 Å². The van der Waals surface area contributed by atoms with Crippen molar-refractivity contribution in [1.82, 2.24) is 9.97 Å². The molecule has 19 heavy (non-hydrogen) atoms. The Balaban J connectivity index is 1.86. The zero-order valence-electron chi connectivity index (χ0n) is 11.0. The van der Waals surface area contributed by atoms with Crippen molar-refractivity contribution in [1.29, 1.82) is 0 Å². The van der Waals surface area contributed by atoms with Crippen LogP contribution in [0.5, 0.6) is 0 Å². The summed E-state index contributed by atoms with van der Waals surface area (Å²) in [4.78, 5) is 18.1. The number of benzene rings is 1. The first-order valence-corrected chi connectivity index (χ1v) is 6.50. The predicted molar refractivity (Wildman–Crippen MR) is 74.0 cm³/mol. The van der Waals surface area contributed by atoms with E-state index in [-0.39, 0.29) is 0 Å². The lowest BCUT2D eigenvalue weighted by molar-refractivity contribution is -0.138. The van der Waals surface area contributed by atoms with Gasteiger partial charge in [-0.25, -0.2) is 4.98 Å². The SMILES string of the molecule is Cc1nc2ccc(CCCCC(N)C(=O)O)cc2[nH]1. The Morgan fingerprint density at radius 2 is 2.26 bits per heavy atom. The monoisotopic (exact) mass is 261 g/mol. The summed E-state index contributed by atoms with van der Waals surface area (Å²) in [6.45, 7) is 1.94. The van der Waals surface area contributed by atoms with Crippen molar-refractivity contribution >= 4 is 17.0 Å². The molecule has 0 saturated heterocycles. The van der Waals surface area contributed by atoms with Crippen molar-refractivity contribution in [2.75, 3.05) is 0 Å². The van der Waals surface area contributed by atoms with Crippen molar-refractivity contribution in [2.24, 2.45) is 5.73 Å². The van der Waals surface area contributed by atoms with Crippen LogP contribution in [0.25, 0.3) is 11.0 Å². The van der Waals surface area contributed by atoms with Crippen molar-refractivity contribution in [2.45, 2.75) is 38.6 Å². The van der Waals surface area contributed by atoms with Crippen LogP contribution in [0.15, 0.2) is 18.2 Å². The standard InChI is InChI=1S/C14H19N3O2/c1-9-16-12-7-6-10(8-13(12)17-9)4-2-3-5-11(15)14(18)19/h6-8,11H,2-5,15H2,1H3,(H,16,17)(H,18,19). The van der Waals surface area contributed by atoms with Crippen molar-refractivity contribution in [3.63, 3.8) is 0 Å². The van der Waals surface area contributed by atoms with Gasteiger partial charge in [-0.05, 0) is 43.9 Å². The van der Waals surface area contributed by atoms with E-state index in [0.717, 1.165) is 36.1 Å².